The summed E-state index contributed by atoms with van der Waals surface area (Å²) in [4.78, 5) is 19.4. The second kappa shape index (κ2) is 6.21. The number of carbonyl (C=O) groups excluding carboxylic acids is 1. The van der Waals surface area contributed by atoms with Gasteiger partial charge in [0.1, 0.15) is 5.75 Å². The number of allylic oxidation sites excluding steroid dienone is 3. The lowest BCUT2D eigenvalue weighted by Gasteiger charge is -2.19. The van der Waals surface area contributed by atoms with Crippen molar-refractivity contribution in [1.29, 1.82) is 5.26 Å². The lowest BCUT2D eigenvalue weighted by atomic mass is 9.95. The zero-order valence-electron chi connectivity index (χ0n) is 15.6. The van der Waals surface area contributed by atoms with Crippen molar-refractivity contribution >= 4 is 22.5 Å². The first kappa shape index (κ1) is 17.0. The minimum absolute atomic E-state index is 0.136. The maximum absolute atomic E-state index is 12.9. The number of benzene rings is 2. The number of carbonyl (C=O) groups is 1. The SMILES string of the molecule is COc1cccc(C#N)c1-c1cccc2c(N)c3c(nc12)CN(C1=CC=C1)C3=O. The number of para-hydroxylation sites is 1. The Hall–Kier alpha value is -4.11. The fourth-order valence-electron chi connectivity index (χ4n) is 3.92. The summed E-state index contributed by atoms with van der Waals surface area (Å²) in [5, 5.41) is 10.3. The number of aromatic nitrogens is 1. The zero-order chi connectivity index (χ0) is 20.1. The molecular formula is C23H16N4O2. The predicted molar refractivity (Wildman–Crippen MR) is 110 cm³/mol. The Morgan fingerprint density at radius 1 is 1.21 bits per heavy atom. The molecule has 6 heteroatoms. The van der Waals surface area contributed by atoms with E-state index in [0.717, 1.165) is 11.3 Å². The van der Waals surface area contributed by atoms with Crippen LogP contribution in [0.4, 0.5) is 5.69 Å². The van der Waals surface area contributed by atoms with Crippen molar-refractivity contribution in [3.63, 3.8) is 0 Å². The van der Waals surface area contributed by atoms with Gasteiger partial charge in [0.25, 0.3) is 5.91 Å². The molecule has 1 aliphatic heterocycles. The first-order chi connectivity index (χ1) is 14.1. The van der Waals surface area contributed by atoms with Crippen LogP contribution in [-0.4, -0.2) is 22.9 Å². The van der Waals surface area contributed by atoms with E-state index < -0.39 is 0 Å². The van der Waals surface area contributed by atoms with Gasteiger partial charge in [-0.05, 0) is 24.3 Å². The molecule has 1 aliphatic carbocycles. The highest BCUT2D eigenvalue weighted by Crippen LogP contribution is 2.41. The summed E-state index contributed by atoms with van der Waals surface area (Å²) in [6.45, 7) is 0.371. The molecule has 2 N–H and O–H groups in total. The third-order valence-corrected chi connectivity index (χ3v) is 5.38. The molecule has 1 aromatic heterocycles. The number of pyridine rings is 1. The Morgan fingerprint density at radius 3 is 2.69 bits per heavy atom. The van der Waals surface area contributed by atoms with Crippen LogP contribution in [-0.2, 0) is 6.54 Å². The summed E-state index contributed by atoms with van der Waals surface area (Å²) >= 11 is 0. The van der Waals surface area contributed by atoms with Crippen LogP contribution < -0.4 is 10.5 Å². The average Bonchev–Trinajstić information content (AvgIpc) is 3.02. The molecule has 0 fully saturated rings. The van der Waals surface area contributed by atoms with E-state index in [4.69, 9.17) is 15.5 Å². The van der Waals surface area contributed by atoms with Crippen LogP contribution in [0.1, 0.15) is 21.6 Å². The molecule has 29 heavy (non-hydrogen) atoms. The molecular weight excluding hydrogens is 364 g/mol. The van der Waals surface area contributed by atoms with Gasteiger partial charge in [-0.1, -0.05) is 30.3 Å². The van der Waals surface area contributed by atoms with Gasteiger partial charge in [-0.3, -0.25) is 4.79 Å². The molecule has 140 valence electrons. The van der Waals surface area contributed by atoms with E-state index in [0.29, 0.717) is 51.3 Å². The molecule has 6 nitrogen and oxygen atoms in total. The summed E-state index contributed by atoms with van der Waals surface area (Å²) < 4.78 is 5.51. The number of nitrogen functional groups attached to an aromatic ring is 1. The maximum Gasteiger partial charge on any atom is 0.262 e. The number of nitrogens with two attached hydrogens (primary N) is 1. The number of rotatable bonds is 3. The normalized spacial score (nSPS) is 14.4. The van der Waals surface area contributed by atoms with Crippen molar-refractivity contribution in [2.24, 2.45) is 0 Å². The fraction of sp³-hybridized carbons (Fsp3) is 0.0870. The Labute approximate surface area is 167 Å². The van der Waals surface area contributed by atoms with Gasteiger partial charge in [-0.2, -0.15) is 5.26 Å². The smallest absolute Gasteiger partial charge is 0.262 e. The molecule has 0 unspecified atom stereocenters. The van der Waals surface area contributed by atoms with Crippen LogP contribution in [0.3, 0.4) is 0 Å². The monoisotopic (exact) mass is 380 g/mol. The van der Waals surface area contributed by atoms with E-state index in [9.17, 15) is 10.1 Å². The van der Waals surface area contributed by atoms with Crippen LogP contribution in [0, 0.1) is 11.3 Å². The molecule has 2 aliphatic rings. The maximum atomic E-state index is 12.9. The highest BCUT2D eigenvalue weighted by Gasteiger charge is 2.34. The van der Waals surface area contributed by atoms with E-state index in [1.54, 1.807) is 24.1 Å². The van der Waals surface area contributed by atoms with E-state index in [2.05, 4.69) is 6.07 Å². The predicted octanol–water partition coefficient (Wildman–Crippen LogP) is 3.77. The number of hydrogen-bond donors (Lipinski definition) is 1. The molecule has 0 radical (unpaired) electrons. The number of hydrogen-bond acceptors (Lipinski definition) is 5. The lowest BCUT2D eigenvalue weighted by Crippen LogP contribution is -2.24. The molecule has 0 bridgehead atoms. The molecule has 1 amide bonds. The van der Waals surface area contributed by atoms with Crippen molar-refractivity contribution in [3.8, 4) is 22.9 Å². The second-order valence-corrected chi connectivity index (χ2v) is 6.89. The number of amides is 1. The number of anilines is 1. The third-order valence-electron chi connectivity index (χ3n) is 5.38. The van der Waals surface area contributed by atoms with Gasteiger partial charge in [0.15, 0.2) is 0 Å². The molecule has 0 saturated carbocycles. The number of fused-ring (bicyclic) bond motifs is 2. The first-order valence-electron chi connectivity index (χ1n) is 9.13. The second-order valence-electron chi connectivity index (χ2n) is 6.89. The third kappa shape index (κ3) is 2.34. The van der Waals surface area contributed by atoms with Crippen molar-refractivity contribution in [2.75, 3.05) is 12.8 Å². The lowest BCUT2D eigenvalue weighted by molar-refractivity contribution is 0.0831. The number of ether oxygens (including phenoxy) is 1. The minimum atomic E-state index is -0.136. The quantitative estimate of drug-likeness (QED) is 0.747. The molecule has 0 saturated heterocycles. The molecule has 5 rings (SSSR count). The van der Waals surface area contributed by atoms with Crippen LogP contribution in [0.2, 0.25) is 0 Å². The van der Waals surface area contributed by atoms with Gasteiger partial charge in [0.2, 0.25) is 0 Å². The standard InChI is InChI=1S/C23H16N4O2/c1-29-18-10-2-5-13(11-24)19(18)15-8-4-9-16-21(25)20-17(26-22(15)16)12-27(23(20)28)14-6-3-7-14/h2-10H,12H2,1H3,(H2,25,26). The number of nitrogens with zero attached hydrogens (tertiary/aromatic N) is 3. The van der Waals surface area contributed by atoms with Crippen molar-refractivity contribution < 1.29 is 9.53 Å². The molecule has 0 spiro atoms. The Morgan fingerprint density at radius 2 is 2.00 bits per heavy atom. The molecule has 0 atom stereocenters. The number of nitriles is 1. The summed E-state index contributed by atoms with van der Waals surface area (Å²) in [5.74, 6) is 0.447. The average molecular weight is 380 g/mol. The Balaban J connectivity index is 1.78. The summed E-state index contributed by atoms with van der Waals surface area (Å²) in [5.41, 5.74) is 11.4. The molecule has 3 aromatic rings. The van der Waals surface area contributed by atoms with Gasteiger partial charge in [-0.15, -0.1) is 0 Å². The first-order valence-corrected chi connectivity index (χ1v) is 9.13. The van der Waals surface area contributed by atoms with E-state index in [-0.39, 0.29) is 5.91 Å². The largest absolute Gasteiger partial charge is 0.496 e. The van der Waals surface area contributed by atoms with Gasteiger partial charge >= 0.3 is 0 Å². The Bertz CT molecular complexity index is 1310. The van der Waals surface area contributed by atoms with Gasteiger partial charge in [-0.25, -0.2) is 4.98 Å². The summed E-state index contributed by atoms with van der Waals surface area (Å²) in [6.07, 6.45) is 5.67. The fourth-order valence-corrected chi connectivity index (χ4v) is 3.92. The zero-order valence-corrected chi connectivity index (χ0v) is 15.6. The minimum Gasteiger partial charge on any atom is -0.496 e. The van der Waals surface area contributed by atoms with Crippen LogP contribution in [0.5, 0.6) is 5.75 Å². The van der Waals surface area contributed by atoms with Crippen LogP contribution >= 0.6 is 0 Å². The van der Waals surface area contributed by atoms with Crippen LogP contribution in [0.25, 0.3) is 22.0 Å². The molecule has 2 heterocycles. The topological polar surface area (TPSA) is 92.2 Å². The highest BCUT2D eigenvalue weighted by atomic mass is 16.5. The summed E-state index contributed by atoms with van der Waals surface area (Å²) in [7, 11) is 1.57. The van der Waals surface area contributed by atoms with Crippen molar-refractivity contribution in [2.45, 2.75) is 6.54 Å². The Kier molecular flexibility index (Phi) is 3.65. The van der Waals surface area contributed by atoms with Crippen molar-refractivity contribution in [3.05, 3.63) is 77.1 Å². The van der Waals surface area contributed by atoms with Gasteiger partial charge < -0.3 is 15.4 Å². The van der Waals surface area contributed by atoms with Gasteiger partial charge in [0, 0.05) is 22.2 Å². The van der Waals surface area contributed by atoms with Crippen molar-refractivity contribution in [1.82, 2.24) is 9.88 Å². The van der Waals surface area contributed by atoms with Crippen LogP contribution in [0.15, 0.2) is 60.3 Å². The number of methoxy groups -OCH3 is 1. The molecule has 2 aromatic carbocycles. The van der Waals surface area contributed by atoms with E-state index >= 15 is 0 Å². The van der Waals surface area contributed by atoms with E-state index in [1.807, 2.05) is 42.5 Å². The highest BCUT2D eigenvalue weighted by molar-refractivity contribution is 6.12. The van der Waals surface area contributed by atoms with E-state index in [1.165, 1.54) is 0 Å². The summed E-state index contributed by atoms with van der Waals surface area (Å²) in [6, 6.07) is 13.2. The van der Waals surface area contributed by atoms with Gasteiger partial charge in [0.05, 0.1) is 47.7 Å².